The van der Waals surface area contributed by atoms with Crippen LogP contribution in [0.1, 0.15) is 25.5 Å². The summed E-state index contributed by atoms with van der Waals surface area (Å²) in [6, 6.07) is 7.47. The fourth-order valence-electron chi connectivity index (χ4n) is 2.38. The van der Waals surface area contributed by atoms with Crippen LogP contribution in [0.15, 0.2) is 18.2 Å². The number of nitriles is 1. The van der Waals surface area contributed by atoms with Crippen LogP contribution in [0.25, 0.3) is 0 Å². The van der Waals surface area contributed by atoms with Gasteiger partial charge in [0.2, 0.25) is 0 Å². The van der Waals surface area contributed by atoms with Crippen molar-refractivity contribution in [1.29, 1.82) is 5.26 Å². The molecule has 5 heteroatoms. The van der Waals surface area contributed by atoms with Crippen molar-refractivity contribution in [2.75, 3.05) is 11.4 Å². The third-order valence-corrected chi connectivity index (χ3v) is 3.37. The molecule has 1 aliphatic rings. The maximum absolute atomic E-state index is 11.0. The van der Waals surface area contributed by atoms with Gasteiger partial charge in [0.05, 0.1) is 5.92 Å². The number of hydrogen-bond donors (Lipinski definition) is 1. The molecule has 94 valence electrons. The van der Waals surface area contributed by atoms with E-state index in [9.17, 15) is 4.79 Å². The number of piperidine rings is 1. The number of anilines is 1. The van der Waals surface area contributed by atoms with E-state index >= 15 is 0 Å². The van der Waals surface area contributed by atoms with Crippen LogP contribution in [0.3, 0.4) is 0 Å². The lowest BCUT2D eigenvalue weighted by atomic mass is 9.92. The number of carboxylic acids is 1. The molecule has 0 spiro atoms. The molecule has 0 saturated carbocycles. The summed E-state index contributed by atoms with van der Waals surface area (Å²) in [6.45, 7) is 2.66. The standard InChI is InChI=1S/C13H15N3O2/c1-9-7-10(13(17)18)5-6-16(9)12-4-2-3-11(8-14)15-12/h2-4,9-10H,5-7H2,1H3,(H,17,18). The highest BCUT2D eigenvalue weighted by Gasteiger charge is 2.30. The van der Waals surface area contributed by atoms with Crippen molar-refractivity contribution in [1.82, 2.24) is 4.98 Å². The predicted molar refractivity (Wildman–Crippen MR) is 66.1 cm³/mol. The van der Waals surface area contributed by atoms with Crippen LogP contribution in [-0.2, 0) is 4.79 Å². The van der Waals surface area contributed by atoms with Crippen molar-refractivity contribution < 1.29 is 9.90 Å². The molecule has 2 heterocycles. The lowest BCUT2D eigenvalue weighted by Gasteiger charge is -2.37. The Morgan fingerprint density at radius 3 is 3.00 bits per heavy atom. The van der Waals surface area contributed by atoms with Crippen molar-refractivity contribution in [3.63, 3.8) is 0 Å². The molecule has 1 fully saturated rings. The summed E-state index contributed by atoms with van der Waals surface area (Å²) in [5, 5.41) is 17.9. The summed E-state index contributed by atoms with van der Waals surface area (Å²) in [5.74, 6) is -0.235. The number of carboxylic acid groups (broad SMARTS) is 1. The normalized spacial score (nSPS) is 23.4. The van der Waals surface area contributed by atoms with Gasteiger partial charge < -0.3 is 10.0 Å². The maximum atomic E-state index is 11.0. The Hall–Kier alpha value is -2.09. The minimum atomic E-state index is -0.722. The minimum Gasteiger partial charge on any atom is -0.481 e. The average Bonchev–Trinajstić information content (AvgIpc) is 2.38. The largest absolute Gasteiger partial charge is 0.481 e. The zero-order valence-corrected chi connectivity index (χ0v) is 10.2. The first-order valence-corrected chi connectivity index (χ1v) is 5.98. The van der Waals surface area contributed by atoms with E-state index in [4.69, 9.17) is 10.4 Å². The summed E-state index contributed by atoms with van der Waals surface area (Å²) in [5.41, 5.74) is 0.389. The Kier molecular flexibility index (Phi) is 3.47. The van der Waals surface area contributed by atoms with Crippen LogP contribution in [-0.4, -0.2) is 28.6 Å². The number of aromatic nitrogens is 1. The van der Waals surface area contributed by atoms with Gasteiger partial charge in [-0.05, 0) is 31.9 Å². The van der Waals surface area contributed by atoms with Crippen molar-refractivity contribution in [2.24, 2.45) is 5.92 Å². The van der Waals surface area contributed by atoms with Gasteiger partial charge in [-0.1, -0.05) is 6.07 Å². The van der Waals surface area contributed by atoms with Gasteiger partial charge in [-0.15, -0.1) is 0 Å². The first kappa shape index (κ1) is 12.4. The Balaban J connectivity index is 2.15. The van der Waals surface area contributed by atoms with Crippen LogP contribution in [0, 0.1) is 17.2 Å². The molecule has 0 aromatic carbocycles. The van der Waals surface area contributed by atoms with Crippen molar-refractivity contribution in [3.8, 4) is 6.07 Å². The molecule has 2 atom stereocenters. The lowest BCUT2D eigenvalue weighted by molar-refractivity contribution is -0.142. The molecule has 2 unspecified atom stereocenters. The van der Waals surface area contributed by atoms with E-state index < -0.39 is 5.97 Å². The zero-order chi connectivity index (χ0) is 13.1. The third-order valence-electron chi connectivity index (χ3n) is 3.37. The van der Waals surface area contributed by atoms with Crippen LogP contribution in [0.5, 0.6) is 0 Å². The first-order valence-electron chi connectivity index (χ1n) is 5.98. The van der Waals surface area contributed by atoms with Crippen molar-refractivity contribution >= 4 is 11.8 Å². The van der Waals surface area contributed by atoms with Crippen molar-refractivity contribution in [3.05, 3.63) is 23.9 Å². The van der Waals surface area contributed by atoms with Gasteiger partial charge in [0.1, 0.15) is 17.6 Å². The second-order valence-electron chi connectivity index (χ2n) is 4.59. The van der Waals surface area contributed by atoms with E-state index in [1.807, 2.05) is 19.1 Å². The number of aliphatic carboxylic acids is 1. The Morgan fingerprint density at radius 1 is 1.61 bits per heavy atom. The highest BCUT2D eigenvalue weighted by atomic mass is 16.4. The summed E-state index contributed by atoms with van der Waals surface area (Å²) >= 11 is 0. The van der Waals surface area contributed by atoms with E-state index in [0.717, 1.165) is 5.82 Å². The number of carbonyl (C=O) groups is 1. The molecule has 5 nitrogen and oxygen atoms in total. The molecule has 18 heavy (non-hydrogen) atoms. The molecule has 1 aliphatic heterocycles. The van der Waals surface area contributed by atoms with Crippen molar-refractivity contribution in [2.45, 2.75) is 25.8 Å². The molecule has 0 bridgehead atoms. The monoisotopic (exact) mass is 245 g/mol. The van der Waals surface area contributed by atoms with Gasteiger partial charge in [-0.3, -0.25) is 4.79 Å². The highest BCUT2D eigenvalue weighted by molar-refractivity contribution is 5.70. The molecular formula is C13H15N3O2. The van der Waals surface area contributed by atoms with Crippen LogP contribution in [0.4, 0.5) is 5.82 Å². The third kappa shape index (κ3) is 2.43. The average molecular weight is 245 g/mol. The number of pyridine rings is 1. The van der Waals surface area contributed by atoms with Gasteiger partial charge in [0.25, 0.3) is 0 Å². The molecule has 2 rings (SSSR count). The number of hydrogen-bond acceptors (Lipinski definition) is 4. The highest BCUT2D eigenvalue weighted by Crippen LogP contribution is 2.27. The maximum Gasteiger partial charge on any atom is 0.306 e. The van der Waals surface area contributed by atoms with Gasteiger partial charge in [0, 0.05) is 12.6 Å². The molecule has 0 aliphatic carbocycles. The molecule has 1 N–H and O–H groups in total. The summed E-state index contributed by atoms with van der Waals surface area (Å²) in [6.07, 6.45) is 1.24. The van der Waals surface area contributed by atoms with Gasteiger partial charge in [-0.2, -0.15) is 5.26 Å². The fraction of sp³-hybridized carbons (Fsp3) is 0.462. The van der Waals surface area contributed by atoms with Gasteiger partial charge in [0.15, 0.2) is 0 Å². The summed E-state index contributed by atoms with van der Waals surface area (Å²) < 4.78 is 0. The second kappa shape index (κ2) is 5.05. The summed E-state index contributed by atoms with van der Waals surface area (Å²) in [7, 11) is 0. The van der Waals surface area contributed by atoms with E-state index in [-0.39, 0.29) is 12.0 Å². The van der Waals surface area contributed by atoms with Crippen LogP contribution in [0.2, 0.25) is 0 Å². The predicted octanol–water partition coefficient (Wildman–Crippen LogP) is 1.64. The van der Waals surface area contributed by atoms with E-state index in [0.29, 0.717) is 25.1 Å². The zero-order valence-electron chi connectivity index (χ0n) is 10.2. The second-order valence-corrected chi connectivity index (χ2v) is 4.59. The molecule has 0 amide bonds. The molecular weight excluding hydrogens is 230 g/mol. The number of rotatable bonds is 2. The Bertz CT molecular complexity index is 495. The molecule has 1 saturated heterocycles. The minimum absolute atomic E-state index is 0.126. The van der Waals surface area contributed by atoms with E-state index in [1.54, 1.807) is 12.1 Å². The SMILES string of the molecule is CC1CC(C(=O)O)CCN1c1cccc(C#N)n1. The molecule has 0 radical (unpaired) electrons. The van der Waals surface area contributed by atoms with E-state index in [2.05, 4.69) is 9.88 Å². The molecule has 1 aromatic heterocycles. The molecule has 1 aromatic rings. The fourth-order valence-corrected chi connectivity index (χ4v) is 2.38. The van der Waals surface area contributed by atoms with E-state index in [1.165, 1.54) is 0 Å². The summed E-state index contributed by atoms with van der Waals surface area (Å²) in [4.78, 5) is 17.3. The Morgan fingerprint density at radius 2 is 2.39 bits per heavy atom. The lowest BCUT2D eigenvalue weighted by Crippen LogP contribution is -2.43. The van der Waals surface area contributed by atoms with Gasteiger partial charge in [-0.25, -0.2) is 4.98 Å². The van der Waals surface area contributed by atoms with Crippen LogP contribution < -0.4 is 4.90 Å². The quantitative estimate of drug-likeness (QED) is 0.857. The smallest absolute Gasteiger partial charge is 0.306 e. The Labute approximate surface area is 106 Å². The first-order chi connectivity index (χ1) is 8.61. The van der Waals surface area contributed by atoms with Gasteiger partial charge >= 0.3 is 5.97 Å². The topological polar surface area (TPSA) is 77.2 Å². The van der Waals surface area contributed by atoms with Crippen LogP contribution >= 0.6 is 0 Å². The number of nitrogens with zero attached hydrogens (tertiary/aromatic N) is 3.